The summed E-state index contributed by atoms with van der Waals surface area (Å²) >= 11 is 9.44. The second-order valence-corrected chi connectivity index (χ2v) is 9.60. The third kappa shape index (κ3) is 6.29. The Morgan fingerprint density at radius 2 is 1.89 bits per heavy atom. The summed E-state index contributed by atoms with van der Waals surface area (Å²) in [5, 5.41) is 5.70. The molecule has 37 heavy (non-hydrogen) atoms. The molecule has 4 aromatic rings. The van der Waals surface area contributed by atoms with E-state index in [4.69, 9.17) is 21.1 Å². The Kier molecular flexibility index (Phi) is 8.79. The highest BCUT2D eigenvalue weighted by Crippen LogP contribution is 2.34. The summed E-state index contributed by atoms with van der Waals surface area (Å²) in [7, 11) is 0. The zero-order valence-corrected chi connectivity index (χ0v) is 23.1. The van der Waals surface area contributed by atoms with E-state index in [1.54, 1.807) is 12.3 Å². The summed E-state index contributed by atoms with van der Waals surface area (Å²) in [6.07, 6.45) is 4.58. The van der Waals surface area contributed by atoms with Gasteiger partial charge in [0, 0.05) is 21.5 Å². The topological polar surface area (TPSA) is 65.7 Å². The third-order valence-electron chi connectivity index (χ3n) is 5.63. The fourth-order valence-corrected chi connectivity index (χ4v) is 4.38. The number of ether oxygens (including phenoxy) is 2. The summed E-state index contributed by atoms with van der Waals surface area (Å²) in [4.78, 5) is 17.9. The molecule has 4 rings (SSSR count). The second-order valence-electron chi connectivity index (χ2n) is 8.25. The number of benzene rings is 3. The van der Waals surface area contributed by atoms with Gasteiger partial charge in [0.1, 0.15) is 12.4 Å². The molecule has 0 bridgehead atoms. The van der Waals surface area contributed by atoms with Crippen molar-refractivity contribution in [2.75, 3.05) is 6.61 Å². The molecule has 0 radical (unpaired) electrons. The predicted molar refractivity (Wildman–Crippen MR) is 153 cm³/mol. The number of aryl methyl sites for hydroxylation is 1. The van der Waals surface area contributed by atoms with Crippen molar-refractivity contribution in [1.29, 1.82) is 0 Å². The first kappa shape index (κ1) is 26.6. The molecule has 0 aliphatic rings. The standard InChI is InChI=1S/C29H27BrClN3O3/c1-4-7-21-14-20(15-26(36-6-3)28(21)37-18-19-8-11-23(31)12-9-19)17-32-34-27(5-2)33-25-13-10-22(30)16-24(25)29(34)35/h4,8-17H,1,5-7,18H2,2-3H3. The number of aromatic nitrogens is 2. The smallest absolute Gasteiger partial charge is 0.282 e. The minimum atomic E-state index is -0.223. The van der Waals surface area contributed by atoms with Gasteiger partial charge in [0.15, 0.2) is 11.5 Å². The van der Waals surface area contributed by atoms with Crippen LogP contribution in [-0.2, 0) is 19.4 Å². The molecule has 1 heterocycles. The first-order valence-corrected chi connectivity index (χ1v) is 13.1. The van der Waals surface area contributed by atoms with Gasteiger partial charge in [-0.15, -0.1) is 6.58 Å². The van der Waals surface area contributed by atoms with Crippen molar-refractivity contribution in [3.63, 3.8) is 0 Å². The van der Waals surface area contributed by atoms with Crippen molar-refractivity contribution in [1.82, 2.24) is 9.66 Å². The predicted octanol–water partition coefficient (Wildman–Crippen LogP) is 6.96. The van der Waals surface area contributed by atoms with Gasteiger partial charge in [-0.25, -0.2) is 4.98 Å². The molecule has 6 nitrogen and oxygen atoms in total. The number of rotatable bonds is 10. The van der Waals surface area contributed by atoms with Crippen LogP contribution in [0, 0.1) is 0 Å². The number of halogens is 2. The van der Waals surface area contributed by atoms with Crippen LogP contribution in [0.25, 0.3) is 10.9 Å². The maximum Gasteiger partial charge on any atom is 0.282 e. The van der Waals surface area contributed by atoms with E-state index in [1.807, 2.05) is 68.5 Å². The Morgan fingerprint density at radius 3 is 2.59 bits per heavy atom. The Morgan fingerprint density at radius 1 is 1.11 bits per heavy atom. The number of hydrogen-bond donors (Lipinski definition) is 0. The van der Waals surface area contributed by atoms with Crippen LogP contribution in [0.4, 0.5) is 0 Å². The minimum absolute atomic E-state index is 0.223. The summed E-state index contributed by atoms with van der Waals surface area (Å²) in [5.41, 5.74) is 3.08. The largest absolute Gasteiger partial charge is 0.490 e. The van der Waals surface area contributed by atoms with Crippen molar-refractivity contribution in [2.45, 2.75) is 33.3 Å². The zero-order valence-electron chi connectivity index (χ0n) is 20.7. The van der Waals surface area contributed by atoms with Gasteiger partial charge >= 0.3 is 0 Å². The fraction of sp³-hybridized carbons (Fsp3) is 0.207. The van der Waals surface area contributed by atoms with Crippen molar-refractivity contribution in [2.24, 2.45) is 5.10 Å². The van der Waals surface area contributed by atoms with Gasteiger partial charge < -0.3 is 9.47 Å². The molecule has 0 atom stereocenters. The highest BCUT2D eigenvalue weighted by molar-refractivity contribution is 9.10. The second kappa shape index (κ2) is 12.2. The van der Waals surface area contributed by atoms with Crippen LogP contribution in [0.1, 0.15) is 36.4 Å². The molecule has 1 aromatic heterocycles. The molecule has 0 aliphatic carbocycles. The summed E-state index contributed by atoms with van der Waals surface area (Å²) in [6.45, 7) is 8.59. The molecule has 0 spiro atoms. The van der Waals surface area contributed by atoms with Crippen molar-refractivity contribution >= 4 is 44.6 Å². The van der Waals surface area contributed by atoms with E-state index in [2.05, 4.69) is 32.6 Å². The number of nitrogens with zero attached hydrogens (tertiary/aromatic N) is 3. The lowest BCUT2D eigenvalue weighted by Gasteiger charge is -2.17. The Bertz CT molecular complexity index is 1510. The van der Waals surface area contributed by atoms with E-state index >= 15 is 0 Å². The lowest BCUT2D eigenvalue weighted by Crippen LogP contribution is -2.22. The molecule has 0 amide bonds. The average molecular weight is 581 g/mol. The average Bonchev–Trinajstić information content (AvgIpc) is 2.89. The summed E-state index contributed by atoms with van der Waals surface area (Å²) in [6, 6.07) is 16.8. The van der Waals surface area contributed by atoms with E-state index < -0.39 is 0 Å². The SMILES string of the molecule is C=CCc1cc(C=Nn2c(CC)nc3ccc(Br)cc3c2=O)cc(OCC)c1OCc1ccc(Cl)cc1. The van der Waals surface area contributed by atoms with Crippen LogP contribution in [0.5, 0.6) is 11.5 Å². The Balaban J connectivity index is 1.73. The van der Waals surface area contributed by atoms with Crippen LogP contribution in [0.15, 0.2) is 81.6 Å². The van der Waals surface area contributed by atoms with Gasteiger partial charge in [0.05, 0.1) is 23.7 Å². The highest BCUT2D eigenvalue weighted by Gasteiger charge is 2.14. The van der Waals surface area contributed by atoms with Crippen LogP contribution < -0.4 is 15.0 Å². The maximum absolute atomic E-state index is 13.2. The van der Waals surface area contributed by atoms with E-state index in [0.29, 0.717) is 59.3 Å². The lowest BCUT2D eigenvalue weighted by molar-refractivity contribution is 0.267. The van der Waals surface area contributed by atoms with E-state index in [1.165, 1.54) is 4.68 Å². The summed E-state index contributed by atoms with van der Waals surface area (Å²) in [5.74, 6) is 1.83. The lowest BCUT2D eigenvalue weighted by atomic mass is 10.1. The van der Waals surface area contributed by atoms with Gasteiger partial charge in [-0.3, -0.25) is 4.79 Å². The van der Waals surface area contributed by atoms with Crippen LogP contribution >= 0.6 is 27.5 Å². The van der Waals surface area contributed by atoms with Crippen molar-refractivity contribution < 1.29 is 9.47 Å². The van der Waals surface area contributed by atoms with Gasteiger partial charge in [-0.1, -0.05) is 52.7 Å². The Hall–Kier alpha value is -3.42. The van der Waals surface area contributed by atoms with Crippen molar-refractivity contribution in [3.8, 4) is 11.5 Å². The fourth-order valence-electron chi connectivity index (χ4n) is 3.89. The maximum atomic E-state index is 13.2. The zero-order chi connectivity index (χ0) is 26.4. The van der Waals surface area contributed by atoms with Crippen molar-refractivity contribution in [3.05, 3.63) is 110 Å². The van der Waals surface area contributed by atoms with Crippen LogP contribution in [-0.4, -0.2) is 22.5 Å². The molecule has 8 heteroatoms. The molecular formula is C29H27BrClN3O3. The molecule has 3 aromatic carbocycles. The number of fused-ring (bicyclic) bond motifs is 1. The molecule has 0 N–H and O–H groups in total. The van der Waals surface area contributed by atoms with Gasteiger partial charge in [0.2, 0.25) is 0 Å². The molecule has 0 aliphatic heterocycles. The number of allylic oxidation sites excluding steroid dienone is 1. The Labute approximate surface area is 229 Å². The molecule has 0 saturated heterocycles. The minimum Gasteiger partial charge on any atom is -0.490 e. The quantitative estimate of drug-likeness (QED) is 0.150. The van der Waals surface area contributed by atoms with Crippen LogP contribution in [0.2, 0.25) is 5.02 Å². The van der Waals surface area contributed by atoms with E-state index in [9.17, 15) is 4.79 Å². The van der Waals surface area contributed by atoms with Gasteiger partial charge in [-0.2, -0.15) is 9.78 Å². The number of hydrogen-bond acceptors (Lipinski definition) is 5. The summed E-state index contributed by atoms with van der Waals surface area (Å²) < 4.78 is 14.3. The van der Waals surface area contributed by atoms with Gasteiger partial charge in [-0.05, 0) is 66.9 Å². The third-order valence-corrected chi connectivity index (χ3v) is 6.37. The molecule has 0 fully saturated rings. The van der Waals surface area contributed by atoms with Crippen LogP contribution in [0.3, 0.4) is 0 Å². The van der Waals surface area contributed by atoms with Gasteiger partial charge in [0.25, 0.3) is 5.56 Å². The normalized spacial score (nSPS) is 11.2. The molecule has 0 saturated carbocycles. The first-order chi connectivity index (χ1) is 17.9. The highest BCUT2D eigenvalue weighted by atomic mass is 79.9. The van der Waals surface area contributed by atoms with E-state index in [-0.39, 0.29) is 5.56 Å². The first-order valence-electron chi connectivity index (χ1n) is 12.0. The van der Waals surface area contributed by atoms with E-state index in [0.717, 1.165) is 21.2 Å². The molecule has 0 unspecified atom stereocenters. The monoisotopic (exact) mass is 579 g/mol. The molecular weight excluding hydrogens is 554 g/mol. The molecule has 190 valence electrons.